The van der Waals surface area contributed by atoms with Crippen molar-refractivity contribution in [3.05, 3.63) is 53.0 Å². The van der Waals surface area contributed by atoms with Crippen LogP contribution in [0.2, 0.25) is 0 Å². The summed E-state index contributed by atoms with van der Waals surface area (Å²) < 4.78 is 22.4. The summed E-state index contributed by atoms with van der Waals surface area (Å²) in [5.74, 6) is -0.991. The molecule has 0 saturated heterocycles. The maximum Gasteiger partial charge on any atom is 0.518 e. The van der Waals surface area contributed by atoms with Gasteiger partial charge in [0.25, 0.3) is 0 Å². The highest BCUT2D eigenvalue weighted by molar-refractivity contribution is 7.99. The Hall–Kier alpha value is -1.49. The molecule has 0 radical (unpaired) electrons. The zero-order chi connectivity index (χ0) is 10.7. The predicted molar refractivity (Wildman–Crippen MR) is 53.4 cm³/mol. The molecule has 5 heteroatoms. The third-order valence-corrected chi connectivity index (χ3v) is 2.66. The van der Waals surface area contributed by atoms with E-state index in [2.05, 4.69) is 8.83 Å². The lowest BCUT2D eigenvalue weighted by atomic mass is 10.4. The first-order valence-corrected chi connectivity index (χ1v) is 5.08. The molecule has 0 amide bonds. The molecule has 2 rings (SSSR count). The minimum Gasteiger partial charge on any atom is -0.399 e. The van der Waals surface area contributed by atoms with Crippen LogP contribution in [0, 0.1) is 0 Å². The van der Waals surface area contributed by atoms with E-state index in [-0.39, 0.29) is 5.76 Å². The van der Waals surface area contributed by atoms with Crippen LogP contribution in [0.4, 0.5) is 4.39 Å². The molecule has 0 spiro atoms. The van der Waals surface area contributed by atoms with E-state index in [9.17, 15) is 9.18 Å². The molecule has 0 N–H and O–H groups in total. The van der Waals surface area contributed by atoms with Crippen LogP contribution in [0.1, 0.15) is 11.3 Å². The molecule has 78 valence electrons. The summed E-state index contributed by atoms with van der Waals surface area (Å²) in [7, 11) is 0. The minimum absolute atomic E-state index is 0.103. The number of benzene rings is 1. The van der Waals surface area contributed by atoms with Crippen LogP contribution < -0.4 is 5.82 Å². The van der Waals surface area contributed by atoms with Gasteiger partial charge in [0.1, 0.15) is 6.26 Å². The molecule has 1 heterocycles. The molecule has 0 aliphatic rings. The summed E-state index contributed by atoms with van der Waals surface area (Å²) in [5.41, 5.74) is -1.43. The van der Waals surface area contributed by atoms with E-state index in [0.717, 1.165) is 22.9 Å². The van der Waals surface area contributed by atoms with Gasteiger partial charge in [0, 0.05) is 4.90 Å². The standard InChI is InChI=1S/C10H7FO3S/c11-9(8-6-13-10(12)14-8)15-7-4-2-1-3-5-7/h1-6,9H. The van der Waals surface area contributed by atoms with E-state index >= 15 is 0 Å². The summed E-state index contributed by atoms with van der Waals surface area (Å²) in [6.45, 7) is 0. The maximum atomic E-state index is 13.5. The third-order valence-electron chi connectivity index (χ3n) is 1.68. The van der Waals surface area contributed by atoms with Crippen LogP contribution in [0.15, 0.2) is 55.1 Å². The fourth-order valence-corrected chi connectivity index (χ4v) is 1.80. The van der Waals surface area contributed by atoms with Gasteiger partial charge in [0.2, 0.25) is 5.50 Å². The summed E-state index contributed by atoms with van der Waals surface area (Å²) in [6.07, 6.45) is 0.989. The number of halogens is 1. The van der Waals surface area contributed by atoms with Gasteiger partial charge in [-0.15, -0.1) is 0 Å². The van der Waals surface area contributed by atoms with E-state index in [1.165, 1.54) is 0 Å². The average molecular weight is 226 g/mol. The van der Waals surface area contributed by atoms with Gasteiger partial charge in [-0.1, -0.05) is 30.0 Å². The van der Waals surface area contributed by atoms with Gasteiger partial charge in [0.05, 0.1) is 0 Å². The van der Waals surface area contributed by atoms with Crippen molar-refractivity contribution in [3.8, 4) is 0 Å². The lowest BCUT2D eigenvalue weighted by Gasteiger charge is -2.02. The first-order valence-electron chi connectivity index (χ1n) is 4.20. The molecule has 1 aromatic heterocycles. The Labute approximate surface area is 88.9 Å². The Morgan fingerprint density at radius 2 is 2.00 bits per heavy atom. The van der Waals surface area contributed by atoms with Crippen molar-refractivity contribution in [1.29, 1.82) is 0 Å². The molecular weight excluding hydrogens is 219 g/mol. The highest BCUT2D eigenvalue weighted by Gasteiger charge is 2.16. The van der Waals surface area contributed by atoms with Gasteiger partial charge >= 0.3 is 5.82 Å². The second-order valence-corrected chi connectivity index (χ2v) is 3.86. The Bertz CT molecular complexity index is 477. The quantitative estimate of drug-likeness (QED) is 0.754. The van der Waals surface area contributed by atoms with Gasteiger partial charge in [-0.2, -0.15) is 0 Å². The van der Waals surface area contributed by atoms with Crippen LogP contribution in [-0.4, -0.2) is 0 Å². The summed E-state index contributed by atoms with van der Waals surface area (Å²) in [5, 5.41) is 0. The third kappa shape index (κ3) is 2.50. The predicted octanol–water partition coefficient (Wildman–Crippen LogP) is 2.99. The van der Waals surface area contributed by atoms with Crippen LogP contribution in [-0.2, 0) is 0 Å². The van der Waals surface area contributed by atoms with E-state index in [1.54, 1.807) is 24.3 Å². The largest absolute Gasteiger partial charge is 0.518 e. The fourth-order valence-electron chi connectivity index (χ4n) is 1.03. The Kier molecular flexibility index (Phi) is 2.91. The molecule has 1 aromatic carbocycles. The topological polar surface area (TPSA) is 43.4 Å². The Morgan fingerprint density at radius 3 is 2.60 bits per heavy atom. The number of hydrogen-bond donors (Lipinski definition) is 0. The fraction of sp³-hybridized carbons (Fsp3) is 0.100. The number of hydrogen-bond acceptors (Lipinski definition) is 4. The number of rotatable bonds is 3. The van der Waals surface area contributed by atoms with Crippen LogP contribution >= 0.6 is 11.8 Å². The van der Waals surface area contributed by atoms with Crippen molar-refractivity contribution in [2.75, 3.05) is 0 Å². The highest BCUT2D eigenvalue weighted by atomic mass is 32.2. The molecule has 0 fully saturated rings. The van der Waals surface area contributed by atoms with Gasteiger partial charge in [-0.3, -0.25) is 0 Å². The van der Waals surface area contributed by atoms with Crippen molar-refractivity contribution in [2.45, 2.75) is 10.4 Å². The Balaban J connectivity index is 2.10. The number of thioether (sulfide) groups is 1. The molecule has 15 heavy (non-hydrogen) atoms. The van der Waals surface area contributed by atoms with Crippen molar-refractivity contribution < 1.29 is 13.2 Å². The SMILES string of the molecule is O=c1occ(C(F)Sc2ccccc2)o1. The molecule has 2 aromatic rings. The van der Waals surface area contributed by atoms with Crippen molar-refractivity contribution in [2.24, 2.45) is 0 Å². The average Bonchev–Trinajstić information content (AvgIpc) is 2.66. The maximum absolute atomic E-state index is 13.5. The minimum atomic E-state index is -1.43. The number of alkyl halides is 1. The first kappa shape index (κ1) is 10.0. The van der Waals surface area contributed by atoms with E-state index in [0.29, 0.717) is 0 Å². The van der Waals surface area contributed by atoms with Crippen LogP contribution in [0.25, 0.3) is 0 Å². The molecule has 0 aliphatic heterocycles. The smallest absolute Gasteiger partial charge is 0.399 e. The Morgan fingerprint density at radius 1 is 1.27 bits per heavy atom. The van der Waals surface area contributed by atoms with Gasteiger partial charge < -0.3 is 8.83 Å². The van der Waals surface area contributed by atoms with Crippen LogP contribution in [0.5, 0.6) is 0 Å². The summed E-state index contributed by atoms with van der Waals surface area (Å²) in [4.78, 5) is 11.3. The molecule has 1 unspecified atom stereocenters. The second-order valence-electron chi connectivity index (χ2n) is 2.74. The zero-order valence-corrected chi connectivity index (χ0v) is 8.37. The van der Waals surface area contributed by atoms with Gasteiger partial charge in [0.15, 0.2) is 5.76 Å². The lowest BCUT2D eigenvalue weighted by Crippen LogP contribution is -1.88. The molecular formula is C10H7FO3S. The van der Waals surface area contributed by atoms with Crippen molar-refractivity contribution >= 4 is 11.8 Å². The van der Waals surface area contributed by atoms with E-state index in [1.807, 2.05) is 6.07 Å². The van der Waals surface area contributed by atoms with E-state index < -0.39 is 11.3 Å². The monoisotopic (exact) mass is 226 g/mol. The summed E-state index contributed by atoms with van der Waals surface area (Å²) >= 11 is 0.951. The molecule has 0 saturated carbocycles. The zero-order valence-electron chi connectivity index (χ0n) is 7.55. The first-order chi connectivity index (χ1) is 7.25. The molecule has 1 atom stereocenters. The van der Waals surface area contributed by atoms with Crippen molar-refractivity contribution in [1.82, 2.24) is 0 Å². The van der Waals surface area contributed by atoms with E-state index in [4.69, 9.17) is 0 Å². The molecule has 0 aliphatic carbocycles. The highest BCUT2D eigenvalue weighted by Crippen LogP contribution is 2.35. The lowest BCUT2D eigenvalue weighted by molar-refractivity contribution is 0.339. The molecule has 3 nitrogen and oxygen atoms in total. The normalized spacial score (nSPS) is 12.6. The van der Waals surface area contributed by atoms with Gasteiger partial charge in [-0.25, -0.2) is 9.18 Å². The van der Waals surface area contributed by atoms with Gasteiger partial charge in [-0.05, 0) is 12.1 Å². The molecule has 0 bridgehead atoms. The van der Waals surface area contributed by atoms with Crippen LogP contribution in [0.3, 0.4) is 0 Å². The second kappa shape index (κ2) is 4.35. The van der Waals surface area contributed by atoms with Crippen molar-refractivity contribution in [3.63, 3.8) is 0 Å². The summed E-state index contributed by atoms with van der Waals surface area (Å²) in [6, 6.07) is 9.00.